The minimum Gasteiger partial charge on any atom is -0.343 e. The lowest BCUT2D eigenvalue weighted by atomic mass is 10.1. The van der Waals surface area contributed by atoms with E-state index < -0.39 is 0 Å². The normalized spacial score (nSPS) is 11.0. The Bertz CT molecular complexity index is 647. The maximum absolute atomic E-state index is 5.26. The third-order valence-corrected chi connectivity index (χ3v) is 3.94. The molecular weight excluding hydrogens is 320 g/mol. The highest BCUT2D eigenvalue weighted by Gasteiger charge is 2.06. The number of H-pyrrole nitrogens is 1. The summed E-state index contributed by atoms with van der Waals surface area (Å²) in [5, 5.41) is 0. The Balaban J connectivity index is 2.46. The topological polar surface area (TPSA) is 28.7 Å². The van der Waals surface area contributed by atoms with E-state index in [1.165, 1.54) is 5.56 Å². The van der Waals surface area contributed by atoms with Crippen molar-refractivity contribution in [2.24, 2.45) is 5.92 Å². The number of aromatic nitrogens is 2. The van der Waals surface area contributed by atoms with Crippen molar-refractivity contribution < 1.29 is 0 Å². The van der Waals surface area contributed by atoms with E-state index in [0.717, 1.165) is 28.0 Å². The lowest BCUT2D eigenvalue weighted by Gasteiger charge is -2.09. The Morgan fingerprint density at radius 3 is 2.68 bits per heavy atom. The van der Waals surface area contributed by atoms with Crippen LogP contribution in [0.2, 0.25) is 0 Å². The van der Waals surface area contributed by atoms with Gasteiger partial charge in [0.25, 0.3) is 0 Å². The number of halogens is 1. The second-order valence-electron chi connectivity index (χ2n) is 5.16. The van der Waals surface area contributed by atoms with Crippen LogP contribution in [0.4, 0.5) is 0 Å². The lowest BCUT2D eigenvalue weighted by molar-refractivity contribution is 0.634. The summed E-state index contributed by atoms with van der Waals surface area (Å²) < 4.78 is 1.72. The smallest absolute Gasteiger partial charge is 0.139 e. The predicted molar refractivity (Wildman–Crippen MR) is 85.8 cm³/mol. The fourth-order valence-electron chi connectivity index (χ4n) is 1.93. The standard InChI is InChI=1S/C15H17BrN2S/c1-9(2)6-12-8-14(19)18-15(17-12)11-5-4-10(3)13(16)7-11/h4-5,7-9H,6H2,1-3H3,(H,17,18,19). The molecule has 0 unspecified atom stereocenters. The summed E-state index contributed by atoms with van der Waals surface area (Å²) in [5.74, 6) is 1.43. The molecule has 0 atom stereocenters. The number of nitrogens with zero attached hydrogens (tertiary/aromatic N) is 1. The van der Waals surface area contributed by atoms with E-state index in [4.69, 9.17) is 12.2 Å². The molecule has 100 valence electrons. The van der Waals surface area contributed by atoms with Crippen molar-refractivity contribution in [1.29, 1.82) is 0 Å². The third-order valence-electron chi connectivity index (χ3n) is 2.87. The molecule has 4 heteroatoms. The molecule has 0 aliphatic heterocycles. The molecular formula is C15H17BrN2S. The average Bonchev–Trinajstić information content (AvgIpc) is 2.31. The molecule has 0 bridgehead atoms. The Morgan fingerprint density at radius 2 is 2.05 bits per heavy atom. The van der Waals surface area contributed by atoms with E-state index in [1.54, 1.807) is 0 Å². The van der Waals surface area contributed by atoms with Crippen LogP contribution >= 0.6 is 28.1 Å². The van der Waals surface area contributed by atoms with Gasteiger partial charge in [0, 0.05) is 15.7 Å². The van der Waals surface area contributed by atoms with Gasteiger partial charge in [-0.05, 0) is 37.0 Å². The Labute approximate surface area is 127 Å². The number of benzene rings is 1. The summed E-state index contributed by atoms with van der Waals surface area (Å²) in [6.07, 6.45) is 0.978. The summed E-state index contributed by atoms with van der Waals surface area (Å²) in [7, 11) is 0. The van der Waals surface area contributed by atoms with Gasteiger partial charge < -0.3 is 4.98 Å². The van der Waals surface area contributed by atoms with Gasteiger partial charge in [0.05, 0.1) is 0 Å². The molecule has 1 heterocycles. The van der Waals surface area contributed by atoms with Crippen molar-refractivity contribution in [3.63, 3.8) is 0 Å². The van der Waals surface area contributed by atoms with Gasteiger partial charge in [-0.1, -0.05) is 54.1 Å². The van der Waals surface area contributed by atoms with Crippen LogP contribution in [0.15, 0.2) is 28.7 Å². The first-order valence-corrected chi connectivity index (χ1v) is 7.52. The Hall–Kier alpha value is -1.00. The van der Waals surface area contributed by atoms with E-state index >= 15 is 0 Å². The highest BCUT2D eigenvalue weighted by molar-refractivity contribution is 9.10. The number of rotatable bonds is 3. The van der Waals surface area contributed by atoms with Crippen LogP contribution < -0.4 is 0 Å². The maximum atomic E-state index is 5.26. The summed E-state index contributed by atoms with van der Waals surface area (Å²) in [4.78, 5) is 7.80. The Morgan fingerprint density at radius 1 is 1.32 bits per heavy atom. The molecule has 0 aliphatic carbocycles. The maximum Gasteiger partial charge on any atom is 0.139 e. The number of aromatic amines is 1. The average molecular weight is 337 g/mol. The molecule has 0 aliphatic rings. The number of hydrogen-bond donors (Lipinski definition) is 1. The first kappa shape index (κ1) is 14.4. The third kappa shape index (κ3) is 3.74. The second kappa shape index (κ2) is 5.97. The van der Waals surface area contributed by atoms with Gasteiger partial charge in [-0.15, -0.1) is 0 Å². The molecule has 0 saturated carbocycles. The first-order chi connectivity index (χ1) is 8.95. The second-order valence-corrected chi connectivity index (χ2v) is 6.43. The molecule has 0 spiro atoms. The number of hydrogen-bond acceptors (Lipinski definition) is 2. The lowest BCUT2D eigenvalue weighted by Crippen LogP contribution is -2.00. The van der Waals surface area contributed by atoms with Gasteiger partial charge in [0.15, 0.2) is 0 Å². The highest BCUT2D eigenvalue weighted by atomic mass is 79.9. The predicted octanol–water partition coefficient (Wildman–Crippen LogP) is 5.08. The fourth-order valence-corrected chi connectivity index (χ4v) is 2.55. The minimum atomic E-state index is 0.589. The van der Waals surface area contributed by atoms with E-state index in [9.17, 15) is 0 Å². The van der Waals surface area contributed by atoms with Crippen molar-refractivity contribution in [3.05, 3.63) is 44.6 Å². The molecule has 0 saturated heterocycles. The molecule has 0 fully saturated rings. The van der Waals surface area contributed by atoms with Crippen molar-refractivity contribution >= 4 is 28.1 Å². The number of aryl methyl sites for hydroxylation is 1. The van der Waals surface area contributed by atoms with E-state index in [2.05, 4.69) is 64.9 Å². The van der Waals surface area contributed by atoms with Gasteiger partial charge in [0.2, 0.25) is 0 Å². The van der Waals surface area contributed by atoms with Crippen molar-refractivity contribution in [2.75, 3.05) is 0 Å². The summed E-state index contributed by atoms with van der Waals surface area (Å²) in [5.41, 5.74) is 3.40. The van der Waals surface area contributed by atoms with Crippen LogP contribution in [0.1, 0.15) is 25.1 Å². The van der Waals surface area contributed by atoms with Crippen LogP contribution in [0.25, 0.3) is 11.4 Å². The Kier molecular flexibility index (Phi) is 4.53. The van der Waals surface area contributed by atoms with E-state index in [0.29, 0.717) is 10.6 Å². The summed E-state index contributed by atoms with van der Waals surface area (Å²) in [6, 6.07) is 8.16. The highest BCUT2D eigenvalue weighted by Crippen LogP contribution is 2.23. The van der Waals surface area contributed by atoms with Gasteiger partial charge in [-0.25, -0.2) is 4.98 Å². The van der Waals surface area contributed by atoms with Crippen molar-refractivity contribution in [1.82, 2.24) is 9.97 Å². The molecule has 2 nitrogen and oxygen atoms in total. The summed E-state index contributed by atoms with van der Waals surface area (Å²) in [6.45, 7) is 6.46. The molecule has 19 heavy (non-hydrogen) atoms. The van der Waals surface area contributed by atoms with Crippen LogP contribution in [-0.4, -0.2) is 9.97 Å². The van der Waals surface area contributed by atoms with Crippen LogP contribution in [0.3, 0.4) is 0 Å². The zero-order chi connectivity index (χ0) is 14.0. The van der Waals surface area contributed by atoms with Crippen LogP contribution in [0.5, 0.6) is 0 Å². The van der Waals surface area contributed by atoms with E-state index in [-0.39, 0.29) is 0 Å². The van der Waals surface area contributed by atoms with Gasteiger partial charge in [-0.3, -0.25) is 0 Å². The first-order valence-electron chi connectivity index (χ1n) is 6.32. The monoisotopic (exact) mass is 336 g/mol. The molecule has 0 amide bonds. The zero-order valence-corrected chi connectivity index (χ0v) is 13.7. The largest absolute Gasteiger partial charge is 0.343 e. The molecule has 0 radical (unpaired) electrons. The minimum absolute atomic E-state index is 0.589. The zero-order valence-electron chi connectivity index (χ0n) is 11.3. The molecule has 1 aromatic carbocycles. The molecule has 1 N–H and O–H groups in total. The van der Waals surface area contributed by atoms with Gasteiger partial charge in [-0.2, -0.15) is 0 Å². The van der Waals surface area contributed by atoms with Gasteiger partial charge >= 0.3 is 0 Å². The van der Waals surface area contributed by atoms with Crippen LogP contribution in [-0.2, 0) is 6.42 Å². The fraction of sp³-hybridized carbons (Fsp3) is 0.333. The van der Waals surface area contributed by atoms with E-state index in [1.807, 2.05) is 6.07 Å². The molecule has 2 rings (SSSR count). The van der Waals surface area contributed by atoms with Crippen molar-refractivity contribution in [3.8, 4) is 11.4 Å². The summed E-state index contributed by atoms with van der Waals surface area (Å²) >= 11 is 8.81. The number of nitrogens with one attached hydrogen (secondary N) is 1. The quantitative estimate of drug-likeness (QED) is 0.792. The SMILES string of the molecule is Cc1ccc(-c2nc(=S)cc(CC(C)C)[nH]2)cc1Br. The molecule has 1 aromatic heterocycles. The van der Waals surface area contributed by atoms with Crippen molar-refractivity contribution in [2.45, 2.75) is 27.2 Å². The van der Waals surface area contributed by atoms with Gasteiger partial charge in [0.1, 0.15) is 10.5 Å². The molecule has 2 aromatic rings. The van der Waals surface area contributed by atoms with Crippen LogP contribution in [0, 0.1) is 17.5 Å².